The lowest BCUT2D eigenvalue weighted by atomic mass is 9.68. The summed E-state index contributed by atoms with van der Waals surface area (Å²) in [6.07, 6.45) is 6.63. The molecular weight excluding hydrogens is 314 g/mol. The number of aromatic nitrogens is 1. The molecule has 2 unspecified atom stereocenters. The number of benzene rings is 2. The number of rotatable bonds is 3. The van der Waals surface area contributed by atoms with Crippen LogP contribution < -0.4 is 4.57 Å². The van der Waals surface area contributed by atoms with Crippen LogP contribution in [-0.4, -0.2) is 0 Å². The van der Waals surface area contributed by atoms with Crippen molar-refractivity contribution < 1.29 is 4.57 Å². The standard InChI is InChI=1S/C25H26N/c1-17-5-3-4-6-23(17)24-14-13-22(16-26(24)2)18-7-9-19(10-8-18)25-20-11-12-21(25)15-20/h3-10,13-14,16,20-21,25H,11-12,15H2,1-2H3/q+1. The quantitative estimate of drug-likeness (QED) is 0.541. The molecule has 0 aliphatic heterocycles. The minimum absolute atomic E-state index is 0.851. The van der Waals surface area contributed by atoms with E-state index in [2.05, 4.69) is 85.4 Å². The van der Waals surface area contributed by atoms with E-state index in [1.807, 2.05) is 0 Å². The summed E-state index contributed by atoms with van der Waals surface area (Å²) in [5.41, 5.74) is 8.04. The fourth-order valence-corrected chi connectivity index (χ4v) is 5.25. The predicted molar refractivity (Wildman–Crippen MR) is 107 cm³/mol. The highest BCUT2D eigenvalue weighted by atomic mass is 14.9. The van der Waals surface area contributed by atoms with Crippen molar-refractivity contribution in [3.63, 3.8) is 0 Å². The molecule has 2 atom stereocenters. The highest BCUT2D eigenvalue weighted by Crippen LogP contribution is 2.58. The second-order valence-electron chi connectivity index (χ2n) is 8.21. The average molecular weight is 340 g/mol. The maximum absolute atomic E-state index is 2.37. The van der Waals surface area contributed by atoms with Crippen molar-refractivity contribution in [3.05, 3.63) is 78.0 Å². The molecule has 130 valence electrons. The maximum Gasteiger partial charge on any atom is 0.212 e. The van der Waals surface area contributed by atoms with Gasteiger partial charge in [-0.3, -0.25) is 0 Å². The van der Waals surface area contributed by atoms with E-state index in [1.165, 1.54) is 47.2 Å². The van der Waals surface area contributed by atoms with Crippen LogP contribution in [0.25, 0.3) is 22.4 Å². The first-order chi connectivity index (χ1) is 12.7. The van der Waals surface area contributed by atoms with Gasteiger partial charge in [0.05, 0.1) is 0 Å². The molecule has 1 nitrogen and oxygen atoms in total. The second-order valence-corrected chi connectivity index (χ2v) is 8.21. The molecule has 6 rings (SSSR count). The molecule has 3 aliphatic rings. The van der Waals surface area contributed by atoms with E-state index < -0.39 is 0 Å². The Kier molecular flexibility index (Phi) is 3.70. The van der Waals surface area contributed by atoms with Gasteiger partial charge in [0.2, 0.25) is 5.69 Å². The first kappa shape index (κ1) is 15.8. The Morgan fingerprint density at radius 3 is 2.15 bits per heavy atom. The van der Waals surface area contributed by atoms with Gasteiger partial charge in [-0.05, 0) is 72.8 Å². The Labute approximate surface area is 156 Å². The van der Waals surface area contributed by atoms with Gasteiger partial charge in [0.15, 0.2) is 6.20 Å². The van der Waals surface area contributed by atoms with Crippen LogP contribution in [0.3, 0.4) is 0 Å². The van der Waals surface area contributed by atoms with Gasteiger partial charge in [-0.1, -0.05) is 42.5 Å². The highest BCUT2D eigenvalue weighted by Gasteiger charge is 2.46. The minimum Gasteiger partial charge on any atom is -0.200 e. The monoisotopic (exact) mass is 340 g/mol. The molecule has 3 saturated carbocycles. The molecular formula is C25H26N+. The van der Waals surface area contributed by atoms with E-state index >= 15 is 0 Å². The van der Waals surface area contributed by atoms with Gasteiger partial charge < -0.3 is 0 Å². The summed E-state index contributed by atoms with van der Waals surface area (Å²) in [4.78, 5) is 0. The summed E-state index contributed by atoms with van der Waals surface area (Å²) in [6.45, 7) is 2.18. The van der Waals surface area contributed by atoms with Gasteiger partial charge >= 0.3 is 0 Å². The number of nitrogens with zero attached hydrogens (tertiary/aromatic N) is 1. The van der Waals surface area contributed by atoms with Crippen LogP contribution >= 0.6 is 0 Å². The molecule has 0 saturated heterocycles. The van der Waals surface area contributed by atoms with Crippen LogP contribution in [0.5, 0.6) is 0 Å². The van der Waals surface area contributed by atoms with Crippen molar-refractivity contribution in [2.45, 2.75) is 32.1 Å². The van der Waals surface area contributed by atoms with Gasteiger partial charge in [0, 0.05) is 17.2 Å². The fourth-order valence-electron chi connectivity index (χ4n) is 5.25. The van der Waals surface area contributed by atoms with E-state index in [0.717, 1.165) is 17.8 Å². The number of fused-ring (bicyclic) bond motifs is 1. The lowest BCUT2D eigenvalue weighted by molar-refractivity contribution is -0.659. The van der Waals surface area contributed by atoms with Gasteiger partial charge in [0.1, 0.15) is 7.05 Å². The van der Waals surface area contributed by atoms with Crippen LogP contribution in [0.2, 0.25) is 0 Å². The molecule has 1 heterocycles. The van der Waals surface area contributed by atoms with Crippen LogP contribution in [-0.2, 0) is 7.05 Å². The second kappa shape index (κ2) is 6.09. The molecule has 0 amide bonds. The van der Waals surface area contributed by atoms with Gasteiger partial charge in [-0.25, -0.2) is 4.57 Å². The molecule has 0 radical (unpaired) electrons. The molecule has 0 spiro atoms. The summed E-state index contributed by atoms with van der Waals surface area (Å²) in [5.74, 6) is 2.79. The van der Waals surface area contributed by atoms with E-state index in [1.54, 1.807) is 5.56 Å². The normalized spacial score (nSPS) is 23.7. The topological polar surface area (TPSA) is 3.88 Å². The molecule has 0 N–H and O–H groups in total. The zero-order valence-corrected chi connectivity index (χ0v) is 15.7. The van der Waals surface area contributed by atoms with Gasteiger partial charge in [0.25, 0.3) is 0 Å². The molecule has 1 aromatic heterocycles. The molecule has 3 aromatic rings. The summed E-state index contributed by atoms with van der Waals surface area (Å²) >= 11 is 0. The Hall–Kier alpha value is -2.41. The van der Waals surface area contributed by atoms with Gasteiger partial charge in [-0.2, -0.15) is 0 Å². The van der Waals surface area contributed by atoms with Crippen LogP contribution in [0, 0.1) is 18.8 Å². The summed E-state index contributed by atoms with van der Waals surface area (Å²) in [6, 6.07) is 22.5. The molecule has 3 fully saturated rings. The van der Waals surface area contributed by atoms with Crippen molar-refractivity contribution in [3.8, 4) is 22.4 Å². The summed E-state index contributed by atoms with van der Waals surface area (Å²) in [5, 5.41) is 0. The Morgan fingerprint density at radius 2 is 1.50 bits per heavy atom. The first-order valence-electron chi connectivity index (χ1n) is 9.87. The van der Waals surface area contributed by atoms with Crippen LogP contribution in [0.1, 0.15) is 36.3 Å². The highest BCUT2D eigenvalue weighted by molar-refractivity contribution is 5.66. The molecule has 26 heavy (non-hydrogen) atoms. The molecule has 2 aromatic carbocycles. The Morgan fingerprint density at radius 1 is 0.808 bits per heavy atom. The number of aryl methyl sites for hydroxylation is 2. The summed E-state index contributed by atoms with van der Waals surface area (Å²) in [7, 11) is 2.14. The number of pyridine rings is 1. The lowest BCUT2D eigenvalue weighted by Crippen LogP contribution is -2.30. The van der Waals surface area contributed by atoms with Crippen LogP contribution in [0.4, 0.5) is 0 Å². The van der Waals surface area contributed by atoms with E-state index in [0.29, 0.717) is 0 Å². The third-order valence-electron chi connectivity index (χ3n) is 6.71. The van der Waals surface area contributed by atoms with Crippen molar-refractivity contribution in [1.29, 1.82) is 0 Å². The smallest absolute Gasteiger partial charge is 0.200 e. The Bertz CT molecular complexity index is 940. The van der Waals surface area contributed by atoms with Crippen molar-refractivity contribution in [1.82, 2.24) is 0 Å². The number of hydrogen-bond donors (Lipinski definition) is 0. The third-order valence-corrected chi connectivity index (χ3v) is 6.71. The molecule has 2 bridgehead atoms. The maximum atomic E-state index is 2.37. The summed E-state index contributed by atoms with van der Waals surface area (Å²) < 4.78 is 2.25. The molecule has 1 heteroatoms. The third kappa shape index (κ3) is 2.49. The minimum atomic E-state index is 0.851. The van der Waals surface area contributed by atoms with Crippen LogP contribution in [0.15, 0.2) is 66.9 Å². The largest absolute Gasteiger partial charge is 0.212 e. The zero-order valence-electron chi connectivity index (χ0n) is 15.7. The van der Waals surface area contributed by atoms with Crippen molar-refractivity contribution >= 4 is 0 Å². The van der Waals surface area contributed by atoms with E-state index in [-0.39, 0.29) is 0 Å². The first-order valence-corrected chi connectivity index (χ1v) is 9.87. The zero-order chi connectivity index (χ0) is 17.7. The van der Waals surface area contributed by atoms with Gasteiger partial charge in [-0.15, -0.1) is 0 Å². The SMILES string of the molecule is Cc1ccccc1-c1ccc(-c2ccc(C3C4CCC3C4)cc2)c[n+]1C. The Balaban J connectivity index is 1.44. The lowest BCUT2D eigenvalue weighted by Gasteiger charge is -2.36. The van der Waals surface area contributed by atoms with Crippen molar-refractivity contribution in [2.24, 2.45) is 18.9 Å². The average Bonchev–Trinajstić information content (AvgIpc) is 3.28. The molecule has 3 aliphatic carbocycles. The predicted octanol–water partition coefficient (Wildman–Crippen LogP) is 5.67. The van der Waals surface area contributed by atoms with E-state index in [9.17, 15) is 0 Å². The number of hydrogen-bond acceptors (Lipinski definition) is 0. The van der Waals surface area contributed by atoms with Crippen molar-refractivity contribution in [2.75, 3.05) is 0 Å². The van der Waals surface area contributed by atoms with E-state index in [4.69, 9.17) is 0 Å². The fraction of sp³-hybridized carbons (Fsp3) is 0.320.